The monoisotopic (exact) mass is 357 g/mol. The molecule has 140 valence electrons. The van der Waals surface area contributed by atoms with Crippen molar-refractivity contribution in [1.29, 1.82) is 0 Å². The highest BCUT2D eigenvalue weighted by Crippen LogP contribution is 2.37. The minimum absolute atomic E-state index is 0.428. The molecule has 0 bridgehead atoms. The van der Waals surface area contributed by atoms with Crippen LogP contribution in [0.15, 0.2) is 24.3 Å². The third-order valence-corrected chi connectivity index (χ3v) is 5.06. The third-order valence-electron chi connectivity index (χ3n) is 5.06. The first-order valence-corrected chi connectivity index (χ1v) is 9.02. The van der Waals surface area contributed by atoms with Gasteiger partial charge >= 0.3 is 13.2 Å². The summed E-state index contributed by atoms with van der Waals surface area (Å²) in [6.07, 6.45) is -0.428. The van der Waals surface area contributed by atoms with Gasteiger partial charge < -0.3 is 14.0 Å². The molecular formula is C20H28BNO4. The highest BCUT2D eigenvalue weighted by Gasteiger charge is 2.53. The van der Waals surface area contributed by atoms with Gasteiger partial charge in [-0.15, -0.1) is 0 Å². The van der Waals surface area contributed by atoms with Crippen LogP contribution in [0.4, 0.5) is 4.79 Å². The van der Waals surface area contributed by atoms with Gasteiger partial charge in [-0.2, -0.15) is 0 Å². The summed E-state index contributed by atoms with van der Waals surface area (Å²) in [4.78, 5) is 13.0. The number of carbonyl (C=O) groups excluding carboxylic acids is 1. The van der Waals surface area contributed by atoms with E-state index in [-0.39, 0.29) is 0 Å². The maximum atomic E-state index is 13.0. The Balaban J connectivity index is 2.14. The number of rotatable bonds is 1. The van der Waals surface area contributed by atoms with Crippen LogP contribution in [0.2, 0.25) is 0 Å². The molecule has 1 aromatic heterocycles. The molecule has 2 aromatic rings. The van der Waals surface area contributed by atoms with Gasteiger partial charge in [0.25, 0.3) is 0 Å². The van der Waals surface area contributed by atoms with E-state index >= 15 is 0 Å². The van der Waals surface area contributed by atoms with Crippen molar-refractivity contribution in [3.05, 3.63) is 29.8 Å². The predicted molar refractivity (Wildman–Crippen MR) is 104 cm³/mol. The number of carbonyl (C=O) groups is 1. The Morgan fingerprint density at radius 2 is 1.65 bits per heavy atom. The molecule has 1 fully saturated rings. The summed E-state index contributed by atoms with van der Waals surface area (Å²) < 4.78 is 19.6. The number of ether oxygens (including phenoxy) is 1. The Kier molecular flexibility index (Phi) is 4.28. The highest BCUT2D eigenvalue weighted by atomic mass is 16.7. The molecule has 0 amide bonds. The molecule has 1 aliphatic heterocycles. The Bertz CT molecular complexity index is 845. The molecule has 1 aliphatic rings. The summed E-state index contributed by atoms with van der Waals surface area (Å²) in [5.41, 5.74) is 0.958. The van der Waals surface area contributed by atoms with Crippen molar-refractivity contribution in [2.45, 2.75) is 72.2 Å². The summed E-state index contributed by atoms with van der Waals surface area (Å²) in [5.74, 6) is 0. The lowest BCUT2D eigenvalue weighted by Gasteiger charge is -2.32. The second-order valence-corrected chi connectivity index (χ2v) is 9.04. The van der Waals surface area contributed by atoms with Crippen LogP contribution in [0.3, 0.4) is 0 Å². The number of hydrogen-bond acceptors (Lipinski definition) is 4. The van der Waals surface area contributed by atoms with E-state index in [0.717, 1.165) is 16.5 Å². The zero-order valence-corrected chi connectivity index (χ0v) is 17.0. The molecule has 2 heterocycles. The van der Waals surface area contributed by atoms with Crippen molar-refractivity contribution in [3.63, 3.8) is 0 Å². The molecule has 3 rings (SSSR count). The topological polar surface area (TPSA) is 49.7 Å². The van der Waals surface area contributed by atoms with Crippen LogP contribution >= 0.6 is 0 Å². The normalized spacial score (nSPS) is 19.2. The Morgan fingerprint density at radius 3 is 2.19 bits per heavy atom. The first-order valence-electron chi connectivity index (χ1n) is 9.02. The highest BCUT2D eigenvalue weighted by molar-refractivity contribution is 6.62. The van der Waals surface area contributed by atoms with E-state index in [1.54, 1.807) is 4.57 Å². The van der Waals surface area contributed by atoms with Crippen molar-refractivity contribution >= 4 is 29.7 Å². The smallest absolute Gasteiger partial charge is 0.443 e. The molecule has 0 radical (unpaired) electrons. The van der Waals surface area contributed by atoms with Gasteiger partial charge in [-0.3, -0.25) is 4.57 Å². The quantitative estimate of drug-likeness (QED) is 0.723. The van der Waals surface area contributed by atoms with Crippen molar-refractivity contribution < 1.29 is 18.8 Å². The van der Waals surface area contributed by atoms with E-state index in [0.29, 0.717) is 5.59 Å². The van der Waals surface area contributed by atoms with Crippen LogP contribution in [-0.4, -0.2) is 34.6 Å². The van der Waals surface area contributed by atoms with Gasteiger partial charge in [-0.1, -0.05) is 12.1 Å². The van der Waals surface area contributed by atoms with Gasteiger partial charge in [0.1, 0.15) is 5.60 Å². The van der Waals surface area contributed by atoms with Crippen LogP contribution in [0.1, 0.15) is 54.0 Å². The van der Waals surface area contributed by atoms with Gasteiger partial charge in [0.15, 0.2) is 0 Å². The fourth-order valence-corrected chi connectivity index (χ4v) is 2.98. The van der Waals surface area contributed by atoms with E-state index in [1.165, 1.54) is 0 Å². The lowest BCUT2D eigenvalue weighted by atomic mass is 9.84. The predicted octanol–water partition coefficient (Wildman–Crippen LogP) is 4.03. The molecule has 0 N–H and O–H groups in total. The number of benzene rings is 1. The lowest BCUT2D eigenvalue weighted by Crippen LogP contribution is -2.43. The van der Waals surface area contributed by atoms with Crippen LogP contribution in [-0.2, 0) is 14.0 Å². The molecule has 26 heavy (non-hydrogen) atoms. The van der Waals surface area contributed by atoms with E-state index < -0.39 is 30.0 Å². The molecule has 5 nitrogen and oxygen atoms in total. The van der Waals surface area contributed by atoms with E-state index in [2.05, 4.69) is 0 Å². The van der Waals surface area contributed by atoms with Crippen LogP contribution in [0, 0.1) is 6.92 Å². The summed E-state index contributed by atoms with van der Waals surface area (Å²) in [6.45, 7) is 15.6. The molecule has 1 aromatic carbocycles. The molecule has 1 saturated heterocycles. The summed E-state index contributed by atoms with van der Waals surface area (Å²) >= 11 is 0. The Morgan fingerprint density at radius 1 is 1.08 bits per heavy atom. The first kappa shape index (κ1) is 19.0. The van der Waals surface area contributed by atoms with Crippen LogP contribution in [0.25, 0.3) is 10.9 Å². The molecule has 0 aliphatic carbocycles. The van der Waals surface area contributed by atoms with Crippen molar-refractivity contribution in [3.8, 4) is 0 Å². The maximum Gasteiger partial charge on any atom is 0.513 e. The van der Waals surface area contributed by atoms with Gasteiger partial charge in [-0.25, -0.2) is 4.79 Å². The summed E-state index contributed by atoms with van der Waals surface area (Å²) in [6, 6.07) is 7.95. The molecular weight excluding hydrogens is 329 g/mol. The minimum atomic E-state index is -0.639. The minimum Gasteiger partial charge on any atom is -0.443 e. The van der Waals surface area contributed by atoms with Gasteiger partial charge in [0.05, 0.1) is 22.3 Å². The molecule has 6 heteroatoms. The van der Waals surface area contributed by atoms with Crippen molar-refractivity contribution in [2.24, 2.45) is 0 Å². The van der Waals surface area contributed by atoms with E-state index in [9.17, 15) is 4.79 Å². The van der Waals surface area contributed by atoms with Crippen molar-refractivity contribution in [1.82, 2.24) is 4.57 Å². The summed E-state index contributed by atoms with van der Waals surface area (Å²) in [7, 11) is -0.639. The first-order chi connectivity index (χ1) is 11.8. The summed E-state index contributed by atoms with van der Waals surface area (Å²) in [5, 5.41) is 0.950. The fraction of sp³-hybridized carbons (Fsp3) is 0.550. The third kappa shape index (κ3) is 3.28. The Labute approximate surface area is 155 Å². The van der Waals surface area contributed by atoms with Crippen LogP contribution in [0.5, 0.6) is 0 Å². The number of hydrogen-bond donors (Lipinski definition) is 0. The standard InChI is InChI=1S/C20H28BNO4/c1-13-9-10-14-12-16(21-25-19(5,6)20(7,8)26-21)22(15(14)11-13)17(23)24-18(2,3)4/h9-12H,1-8H3. The fourth-order valence-electron chi connectivity index (χ4n) is 2.98. The van der Waals surface area contributed by atoms with Gasteiger partial charge in [0, 0.05) is 0 Å². The molecule has 0 spiro atoms. The van der Waals surface area contributed by atoms with E-state index in [4.69, 9.17) is 14.0 Å². The van der Waals surface area contributed by atoms with Crippen LogP contribution < -0.4 is 5.59 Å². The zero-order chi connectivity index (χ0) is 19.5. The molecule has 0 saturated carbocycles. The zero-order valence-electron chi connectivity index (χ0n) is 17.0. The number of fused-ring (bicyclic) bond motifs is 1. The second-order valence-electron chi connectivity index (χ2n) is 9.04. The van der Waals surface area contributed by atoms with Gasteiger partial charge in [0.2, 0.25) is 0 Å². The van der Waals surface area contributed by atoms with Crippen molar-refractivity contribution in [2.75, 3.05) is 0 Å². The SMILES string of the molecule is Cc1ccc2cc(B3OC(C)(C)C(C)(C)O3)n(C(=O)OC(C)(C)C)c2c1. The average molecular weight is 357 g/mol. The molecule has 0 unspecified atom stereocenters. The second kappa shape index (κ2) is 5.86. The van der Waals surface area contributed by atoms with E-state index in [1.807, 2.05) is 79.7 Å². The molecule has 0 atom stereocenters. The maximum absolute atomic E-state index is 13.0. The number of aryl methyl sites for hydroxylation is 1. The lowest BCUT2D eigenvalue weighted by molar-refractivity contribution is 0.00578. The number of aromatic nitrogens is 1. The number of nitrogens with zero attached hydrogens (tertiary/aromatic N) is 1. The van der Waals surface area contributed by atoms with Gasteiger partial charge in [-0.05, 0) is 78.5 Å². The Hall–Kier alpha value is -1.79. The largest absolute Gasteiger partial charge is 0.513 e. The average Bonchev–Trinajstić information content (AvgIpc) is 2.91.